The van der Waals surface area contributed by atoms with Gasteiger partial charge in [0.1, 0.15) is 17.0 Å². The van der Waals surface area contributed by atoms with Gasteiger partial charge in [-0.1, -0.05) is 30.3 Å². The SMILES string of the molecule is CC(C)(C(=O)Nc1ccc(F)cc1)C(=O)Nc1ccccc1Oc1ccccc1. The summed E-state index contributed by atoms with van der Waals surface area (Å²) in [6, 6.07) is 21.5. The smallest absolute Gasteiger partial charge is 0.239 e. The highest BCUT2D eigenvalue weighted by Crippen LogP contribution is 2.31. The number of carbonyl (C=O) groups is 2. The van der Waals surface area contributed by atoms with E-state index in [1.54, 1.807) is 36.4 Å². The topological polar surface area (TPSA) is 67.4 Å². The first-order valence-electron chi connectivity index (χ1n) is 9.06. The number of hydrogen-bond donors (Lipinski definition) is 2. The van der Waals surface area contributed by atoms with Crippen LogP contribution in [0, 0.1) is 11.2 Å². The Kier molecular flexibility index (Phi) is 5.93. The zero-order valence-electron chi connectivity index (χ0n) is 16.1. The fourth-order valence-corrected chi connectivity index (χ4v) is 2.48. The van der Waals surface area contributed by atoms with Crippen LogP contribution in [0.5, 0.6) is 11.5 Å². The van der Waals surface area contributed by atoms with Crippen molar-refractivity contribution in [2.75, 3.05) is 10.6 Å². The lowest BCUT2D eigenvalue weighted by Gasteiger charge is -2.23. The van der Waals surface area contributed by atoms with Crippen molar-refractivity contribution in [1.29, 1.82) is 0 Å². The van der Waals surface area contributed by atoms with Crippen LogP contribution in [-0.2, 0) is 9.59 Å². The summed E-state index contributed by atoms with van der Waals surface area (Å²) in [5.74, 6) is -0.330. The van der Waals surface area contributed by atoms with Crippen LogP contribution in [0.1, 0.15) is 13.8 Å². The van der Waals surface area contributed by atoms with Crippen LogP contribution < -0.4 is 15.4 Å². The predicted octanol–water partition coefficient (Wildman–Crippen LogP) is 5.22. The van der Waals surface area contributed by atoms with Gasteiger partial charge in [0.15, 0.2) is 5.75 Å². The van der Waals surface area contributed by atoms with E-state index in [4.69, 9.17) is 4.74 Å². The van der Waals surface area contributed by atoms with Crippen LogP contribution in [0.15, 0.2) is 78.9 Å². The van der Waals surface area contributed by atoms with E-state index in [2.05, 4.69) is 10.6 Å². The highest BCUT2D eigenvalue weighted by Gasteiger charge is 2.36. The van der Waals surface area contributed by atoms with E-state index in [9.17, 15) is 14.0 Å². The molecule has 0 unspecified atom stereocenters. The molecule has 0 fully saturated rings. The number of para-hydroxylation sites is 3. The minimum absolute atomic E-state index is 0.407. The van der Waals surface area contributed by atoms with Crippen molar-refractivity contribution >= 4 is 23.2 Å². The van der Waals surface area contributed by atoms with Crippen LogP contribution in [-0.4, -0.2) is 11.8 Å². The third kappa shape index (κ3) is 4.99. The van der Waals surface area contributed by atoms with Gasteiger partial charge < -0.3 is 15.4 Å². The summed E-state index contributed by atoms with van der Waals surface area (Å²) in [6.45, 7) is 3.03. The zero-order chi connectivity index (χ0) is 20.9. The lowest BCUT2D eigenvalue weighted by Crippen LogP contribution is -2.41. The summed E-state index contributed by atoms with van der Waals surface area (Å²) in [5.41, 5.74) is -0.525. The van der Waals surface area contributed by atoms with Gasteiger partial charge >= 0.3 is 0 Å². The molecule has 0 saturated heterocycles. The molecule has 3 aromatic rings. The lowest BCUT2D eigenvalue weighted by atomic mass is 9.90. The van der Waals surface area contributed by atoms with Crippen molar-refractivity contribution in [3.63, 3.8) is 0 Å². The van der Waals surface area contributed by atoms with E-state index in [-0.39, 0.29) is 0 Å². The number of halogens is 1. The molecule has 0 heterocycles. The van der Waals surface area contributed by atoms with Gasteiger partial charge in [0.05, 0.1) is 5.69 Å². The maximum absolute atomic E-state index is 13.0. The molecule has 148 valence electrons. The molecule has 0 aliphatic heterocycles. The van der Waals surface area contributed by atoms with E-state index in [0.717, 1.165) is 0 Å². The summed E-state index contributed by atoms with van der Waals surface area (Å²) < 4.78 is 18.9. The van der Waals surface area contributed by atoms with E-state index < -0.39 is 23.0 Å². The van der Waals surface area contributed by atoms with Gasteiger partial charge in [-0.2, -0.15) is 0 Å². The van der Waals surface area contributed by atoms with Crippen molar-refractivity contribution in [2.24, 2.45) is 5.41 Å². The van der Waals surface area contributed by atoms with Gasteiger partial charge in [0.25, 0.3) is 0 Å². The molecular formula is C23H21FN2O3. The van der Waals surface area contributed by atoms with Gasteiger partial charge in [-0.3, -0.25) is 9.59 Å². The molecule has 0 bridgehead atoms. The Bertz CT molecular complexity index is 1000. The van der Waals surface area contributed by atoms with E-state index >= 15 is 0 Å². The summed E-state index contributed by atoms with van der Waals surface area (Å²) in [4.78, 5) is 25.5. The second kappa shape index (κ2) is 8.56. The highest BCUT2D eigenvalue weighted by molar-refractivity contribution is 6.14. The van der Waals surface area contributed by atoms with Gasteiger partial charge in [-0.25, -0.2) is 4.39 Å². The molecule has 5 nitrogen and oxygen atoms in total. The monoisotopic (exact) mass is 392 g/mol. The number of amides is 2. The first-order chi connectivity index (χ1) is 13.9. The van der Waals surface area contributed by atoms with Gasteiger partial charge in [-0.15, -0.1) is 0 Å². The summed E-state index contributed by atoms with van der Waals surface area (Å²) in [5, 5.41) is 5.39. The van der Waals surface area contributed by atoms with Crippen LogP contribution in [0.4, 0.5) is 15.8 Å². The third-order valence-corrected chi connectivity index (χ3v) is 4.34. The molecule has 0 aliphatic carbocycles. The molecule has 0 aromatic heterocycles. The van der Waals surface area contributed by atoms with Gasteiger partial charge in [-0.05, 0) is 62.4 Å². The molecule has 2 N–H and O–H groups in total. The van der Waals surface area contributed by atoms with E-state index in [1.807, 2.05) is 18.2 Å². The van der Waals surface area contributed by atoms with Crippen molar-refractivity contribution in [1.82, 2.24) is 0 Å². The second-order valence-electron chi connectivity index (χ2n) is 6.95. The van der Waals surface area contributed by atoms with Crippen LogP contribution in [0.2, 0.25) is 0 Å². The minimum atomic E-state index is -1.38. The Morgan fingerprint density at radius 1 is 0.793 bits per heavy atom. The molecule has 6 heteroatoms. The Balaban J connectivity index is 1.73. The van der Waals surface area contributed by atoms with Crippen molar-refractivity contribution in [2.45, 2.75) is 13.8 Å². The fraction of sp³-hybridized carbons (Fsp3) is 0.130. The minimum Gasteiger partial charge on any atom is -0.455 e. The summed E-state index contributed by atoms with van der Waals surface area (Å²) in [6.07, 6.45) is 0. The Labute approximate surface area is 168 Å². The maximum Gasteiger partial charge on any atom is 0.239 e. The fourth-order valence-electron chi connectivity index (χ4n) is 2.48. The normalized spacial score (nSPS) is 10.9. The Morgan fingerprint density at radius 3 is 2.07 bits per heavy atom. The van der Waals surface area contributed by atoms with Crippen LogP contribution in [0.3, 0.4) is 0 Å². The van der Waals surface area contributed by atoms with Crippen LogP contribution in [0.25, 0.3) is 0 Å². The number of ether oxygens (including phenoxy) is 1. The van der Waals surface area contributed by atoms with E-state index in [1.165, 1.54) is 38.1 Å². The van der Waals surface area contributed by atoms with E-state index in [0.29, 0.717) is 22.9 Å². The predicted molar refractivity (Wildman–Crippen MR) is 110 cm³/mol. The number of benzene rings is 3. The first kappa shape index (κ1) is 20.1. The number of anilines is 2. The molecule has 3 rings (SSSR count). The van der Waals surface area contributed by atoms with Gasteiger partial charge in [0, 0.05) is 5.69 Å². The standard InChI is InChI=1S/C23H21FN2O3/c1-23(2,21(27)25-17-14-12-16(24)13-15-17)22(28)26-19-10-6-7-11-20(19)29-18-8-4-3-5-9-18/h3-15H,1-2H3,(H,25,27)(H,26,28). The molecule has 0 atom stereocenters. The Morgan fingerprint density at radius 2 is 1.38 bits per heavy atom. The van der Waals surface area contributed by atoms with Crippen molar-refractivity contribution < 1.29 is 18.7 Å². The lowest BCUT2D eigenvalue weighted by molar-refractivity contribution is -0.135. The number of hydrogen-bond acceptors (Lipinski definition) is 3. The average molecular weight is 392 g/mol. The molecule has 2 amide bonds. The van der Waals surface area contributed by atoms with Crippen molar-refractivity contribution in [3.8, 4) is 11.5 Å². The first-order valence-corrected chi connectivity index (χ1v) is 9.06. The molecular weight excluding hydrogens is 371 g/mol. The number of rotatable bonds is 6. The number of carbonyl (C=O) groups excluding carboxylic acids is 2. The van der Waals surface area contributed by atoms with Gasteiger partial charge in [0.2, 0.25) is 11.8 Å². The largest absolute Gasteiger partial charge is 0.455 e. The highest BCUT2D eigenvalue weighted by atomic mass is 19.1. The molecule has 0 spiro atoms. The quantitative estimate of drug-likeness (QED) is 0.565. The molecule has 0 saturated carbocycles. The van der Waals surface area contributed by atoms with Crippen LogP contribution >= 0.6 is 0 Å². The molecule has 0 aliphatic rings. The third-order valence-electron chi connectivity index (χ3n) is 4.34. The number of nitrogens with one attached hydrogen (secondary N) is 2. The maximum atomic E-state index is 13.0. The second-order valence-corrected chi connectivity index (χ2v) is 6.95. The molecule has 0 radical (unpaired) electrons. The van der Waals surface area contributed by atoms with Crippen molar-refractivity contribution in [3.05, 3.63) is 84.7 Å². The molecule has 3 aromatic carbocycles. The summed E-state index contributed by atoms with van der Waals surface area (Å²) in [7, 11) is 0. The summed E-state index contributed by atoms with van der Waals surface area (Å²) >= 11 is 0. The molecule has 29 heavy (non-hydrogen) atoms. The average Bonchev–Trinajstić information content (AvgIpc) is 2.72. The Hall–Kier alpha value is -3.67. The zero-order valence-corrected chi connectivity index (χ0v) is 16.1.